The molecule has 0 saturated carbocycles. The summed E-state index contributed by atoms with van der Waals surface area (Å²) in [6.07, 6.45) is 0.659. The maximum atomic E-state index is 11.6. The fourth-order valence-electron chi connectivity index (χ4n) is 2.07. The molecule has 13 heavy (non-hydrogen) atoms. The second kappa shape index (κ2) is 2.47. The topological polar surface area (TPSA) is 17.1 Å². The third kappa shape index (κ3) is 1.21. The summed E-state index contributed by atoms with van der Waals surface area (Å²) in [4.78, 5) is 11.6. The van der Waals surface area contributed by atoms with Crippen LogP contribution in [0.25, 0.3) is 0 Å². The second-order valence-corrected chi connectivity index (χ2v) is 4.53. The van der Waals surface area contributed by atoms with Crippen LogP contribution in [0.3, 0.4) is 0 Å². The Morgan fingerprint density at radius 3 is 2.77 bits per heavy atom. The Morgan fingerprint density at radius 2 is 2.08 bits per heavy atom. The zero-order chi connectivity index (χ0) is 9.64. The number of hydrogen-bond donors (Lipinski definition) is 0. The lowest BCUT2D eigenvalue weighted by Crippen LogP contribution is -2.13. The van der Waals surface area contributed by atoms with E-state index in [9.17, 15) is 4.79 Å². The van der Waals surface area contributed by atoms with Crippen LogP contribution in [0, 0.1) is 0 Å². The first-order valence-electron chi connectivity index (χ1n) is 4.65. The van der Waals surface area contributed by atoms with E-state index in [0.717, 1.165) is 5.56 Å². The van der Waals surface area contributed by atoms with Crippen LogP contribution in [0.2, 0.25) is 0 Å². The van der Waals surface area contributed by atoms with E-state index in [0.29, 0.717) is 12.2 Å². The molecule has 0 saturated heterocycles. The normalized spacial score (nSPS) is 18.8. The summed E-state index contributed by atoms with van der Waals surface area (Å²) in [6, 6.07) is 6.18. The third-order valence-electron chi connectivity index (χ3n) is 2.81. The van der Waals surface area contributed by atoms with Gasteiger partial charge in [0.25, 0.3) is 0 Å². The van der Waals surface area contributed by atoms with Gasteiger partial charge in [-0.3, -0.25) is 4.79 Å². The highest BCUT2D eigenvalue weighted by Gasteiger charge is 2.35. The molecule has 0 unspecified atom stereocenters. The Balaban J connectivity index is 2.66. The molecule has 0 fully saturated rings. The molecule has 2 heteroatoms. The number of rotatable bonds is 0. The number of benzene rings is 1. The van der Waals surface area contributed by atoms with Crippen molar-refractivity contribution in [2.45, 2.75) is 25.7 Å². The van der Waals surface area contributed by atoms with Gasteiger partial charge in [-0.25, -0.2) is 0 Å². The van der Waals surface area contributed by atoms with Gasteiger partial charge in [-0.2, -0.15) is 0 Å². The molecule has 0 radical (unpaired) electrons. The van der Waals surface area contributed by atoms with Gasteiger partial charge in [0.1, 0.15) is 7.85 Å². The summed E-state index contributed by atoms with van der Waals surface area (Å²) in [5, 5.41) is 0. The fraction of sp³-hybridized carbons (Fsp3) is 0.364. The van der Waals surface area contributed by atoms with E-state index >= 15 is 0 Å². The summed E-state index contributed by atoms with van der Waals surface area (Å²) in [5.41, 5.74) is 3.36. The lowest BCUT2D eigenvalue weighted by Gasteiger charge is -2.17. The Bertz CT molecular complexity index is 380. The van der Waals surface area contributed by atoms with E-state index in [1.807, 2.05) is 13.9 Å². The molecular weight excluding hydrogens is 159 g/mol. The van der Waals surface area contributed by atoms with Crippen molar-refractivity contribution in [3.63, 3.8) is 0 Å². The van der Waals surface area contributed by atoms with E-state index in [1.54, 1.807) is 0 Å². The monoisotopic (exact) mass is 172 g/mol. The van der Waals surface area contributed by atoms with Gasteiger partial charge in [-0.15, -0.1) is 0 Å². The Hall–Kier alpha value is -1.05. The summed E-state index contributed by atoms with van der Waals surface area (Å²) in [6.45, 7) is 4.26. The molecule has 1 aromatic carbocycles. The van der Waals surface area contributed by atoms with Crippen molar-refractivity contribution < 1.29 is 4.79 Å². The molecule has 1 nitrogen and oxygen atoms in total. The first kappa shape index (κ1) is 8.55. The average Bonchev–Trinajstić information content (AvgIpc) is 2.22. The van der Waals surface area contributed by atoms with Gasteiger partial charge in [0.15, 0.2) is 5.78 Å². The molecule has 1 aliphatic carbocycles. The van der Waals surface area contributed by atoms with Crippen molar-refractivity contribution in [1.82, 2.24) is 0 Å². The van der Waals surface area contributed by atoms with Crippen molar-refractivity contribution in [1.29, 1.82) is 0 Å². The largest absolute Gasteiger partial charge is 0.294 e. The molecule has 66 valence electrons. The molecule has 1 aromatic rings. The first-order valence-corrected chi connectivity index (χ1v) is 4.65. The molecule has 0 spiro atoms. The molecule has 0 atom stereocenters. The Labute approximate surface area is 79.6 Å². The van der Waals surface area contributed by atoms with Crippen LogP contribution in [0.15, 0.2) is 18.2 Å². The Morgan fingerprint density at radius 1 is 1.38 bits per heavy atom. The summed E-state index contributed by atoms with van der Waals surface area (Å²) >= 11 is 0. The van der Waals surface area contributed by atoms with Gasteiger partial charge in [0.05, 0.1) is 0 Å². The van der Waals surface area contributed by atoms with Crippen molar-refractivity contribution in [3.05, 3.63) is 29.3 Å². The second-order valence-electron chi connectivity index (χ2n) is 4.53. The molecule has 0 N–H and O–H groups in total. The highest BCUT2D eigenvalue weighted by Crippen LogP contribution is 2.37. The van der Waals surface area contributed by atoms with Gasteiger partial charge in [0.2, 0.25) is 0 Å². The van der Waals surface area contributed by atoms with Crippen LogP contribution in [0.1, 0.15) is 36.2 Å². The van der Waals surface area contributed by atoms with Crippen LogP contribution >= 0.6 is 0 Å². The molecule has 1 aliphatic rings. The molecule has 0 heterocycles. The van der Waals surface area contributed by atoms with E-state index in [-0.39, 0.29) is 5.41 Å². The SMILES string of the molecule is Bc1ccc2c(c1)C(=O)CC2(C)C. The molecule has 0 aliphatic heterocycles. The number of ketones is 1. The average molecular weight is 172 g/mol. The molecular formula is C11H13BO. The number of fused-ring (bicyclic) bond motifs is 1. The number of carbonyl (C=O) groups excluding carboxylic acids is 1. The quantitative estimate of drug-likeness (QED) is 0.529. The predicted molar refractivity (Wildman–Crippen MR) is 56.6 cm³/mol. The van der Waals surface area contributed by atoms with Crippen LogP contribution < -0.4 is 5.46 Å². The minimum atomic E-state index is 0.0418. The molecule has 0 aromatic heterocycles. The van der Waals surface area contributed by atoms with E-state index in [1.165, 1.54) is 11.0 Å². The summed E-state index contributed by atoms with van der Waals surface area (Å²) in [5.74, 6) is 0.295. The van der Waals surface area contributed by atoms with Gasteiger partial charge in [0, 0.05) is 12.0 Å². The minimum Gasteiger partial charge on any atom is -0.294 e. The van der Waals surface area contributed by atoms with E-state index < -0.39 is 0 Å². The maximum Gasteiger partial charge on any atom is 0.164 e. The number of hydrogen-bond acceptors (Lipinski definition) is 1. The lowest BCUT2D eigenvalue weighted by molar-refractivity contribution is 0.0979. The fourth-order valence-corrected chi connectivity index (χ4v) is 2.07. The van der Waals surface area contributed by atoms with Crippen molar-refractivity contribution in [2.24, 2.45) is 0 Å². The highest BCUT2D eigenvalue weighted by atomic mass is 16.1. The number of Topliss-reactive ketones (excluding diaryl/α,β-unsaturated/α-hetero) is 1. The van der Waals surface area contributed by atoms with Gasteiger partial charge < -0.3 is 0 Å². The molecule has 0 amide bonds. The van der Waals surface area contributed by atoms with Crippen LogP contribution in [0.4, 0.5) is 0 Å². The van der Waals surface area contributed by atoms with Crippen LogP contribution in [-0.4, -0.2) is 13.6 Å². The lowest BCUT2D eigenvalue weighted by atomic mass is 9.84. The van der Waals surface area contributed by atoms with Gasteiger partial charge >= 0.3 is 0 Å². The van der Waals surface area contributed by atoms with Crippen molar-refractivity contribution in [2.75, 3.05) is 0 Å². The highest BCUT2D eigenvalue weighted by molar-refractivity contribution is 6.32. The van der Waals surface area contributed by atoms with Crippen molar-refractivity contribution in [3.8, 4) is 0 Å². The summed E-state index contributed by atoms with van der Waals surface area (Å²) < 4.78 is 0. The zero-order valence-electron chi connectivity index (χ0n) is 8.35. The van der Waals surface area contributed by atoms with Crippen molar-refractivity contribution >= 4 is 19.1 Å². The van der Waals surface area contributed by atoms with Crippen LogP contribution in [0.5, 0.6) is 0 Å². The zero-order valence-corrected chi connectivity index (χ0v) is 8.35. The number of carbonyl (C=O) groups is 1. The summed E-state index contributed by atoms with van der Waals surface area (Å²) in [7, 11) is 2.03. The minimum absolute atomic E-state index is 0.0418. The first-order chi connectivity index (χ1) is 6.00. The smallest absolute Gasteiger partial charge is 0.164 e. The maximum absolute atomic E-state index is 11.6. The van der Waals surface area contributed by atoms with E-state index in [2.05, 4.69) is 26.0 Å². The van der Waals surface area contributed by atoms with Gasteiger partial charge in [-0.05, 0) is 11.0 Å². The molecule has 0 bridgehead atoms. The van der Waals surface area contributed by atoms with E-state index in [4.69, 9.17) is 0 Å². The molecule has 2 rings (SSSR count). The predicted octanol–water partition coefficient (Wildman–Crippen LogP) is 0.809. The Kier molecular flexibility index (Phi) is 1.63. The standard InChI is InChI=1S/C11H13BO/c1-11(2)6-10(13)8-5-7(12)3-4-9(8)11/h3-5H,6,12H2,1-2H3. The van der Waals surface area contributed by atoms with Crippen LogP contribution in [-0.2, 0) is 5.41 Å². The third-order valence-corrected chi connectivity index (χ3v) is 2.81. The van der Waals surface area contributed by atoms with Gasteiger partial charge in [-0.1, -0.05) is 37.5 Å².